The van der Waals surface area contributed by atoms with Gasteiger partial charge >= 0.3 is 5.97 Å². The smallest absolute Gasteiger partial charge is 0.311 e. The molecule has 0 aromatic carbocycles. The number of amides is 1. The summed E-state index contributed by atoms with van der Waals surface area (Å²) in [5.41, 5.74) is -0.860. The van der Waals surface area contributed by atoms with Gasteiger partial charge in [-0.15, -0.1) is 0 Å². The van der Waals surface area contributed by atoms with Crippen molar-refractivity contribution in [2.75, 3.05) is 26.8 Å². The van der Waals surface area contributed by atoms with Gasteiger partial charge in [0.05, 0.1) is 16.6 Å². The number of methoxy groups -OCH3 is 1. The fourth-order valence-corrected chi connectivity index (χ4v) is 3.37. The van der Waals surface area contributed by atoms with Gasteiger partial charge in [0.15, 0.2) is 0 Å². The van der Waals surface area contributed by atoms with Gasteiger partial charge < -0.3 is 14.7 Å². The molecule has 0 radical (unpaired) electrons. The Morgan fingerprint density at radius 3 is 2.92 bits per heavy atom. The molecule has 1 fully saturated rings. The first kappa shape index (κ1) is 18.7. The van der Waals surface area contributed by atoms with Crippen LogP contribution in [-0.4, -0.2) is 58.5 Å². The van der Waals surface area contributed by atoms with Crippen molar-refractivity contribution in [3.05, 3.63) is 17.4 Å². The molecular weight excluding hydrogens is 334 g/mol. The molecule has 0 bridgehead atoms. The SMILES string of the molecule is COCCC[C@]1(C(=O)O)CCCN(C(=O)CCn2cc(Cl)cn2)C1. The Morgan fingerprint density at radius 2 is 2.29 bits per heavy atom. The Labute approximate surface area is 146 Å². The molecule has 1 saturated heterocycles. The largest absolute Gasteiger partial charge is 0.481 e. The number of hydrogen-bond acceptors (Lipinski definition) is 4. The third-order valence-electron chi connectivity index (χ3n) is 4.54. The summed E-state index contributed by atoms with van der Waals surface area (Å²) in [4.78, 5) is 25.9. The first-order valence-electron chi connectivity index (χ1n) is 8.15. The highest BCUT2D eigenvalue weighted by molar-refractivity contribution is 6.30. The van der Waals surface area contributed by atoms with Crippen LogP contribution in [0.25, 0.3) is 0 Å². The van der Waals surface area contributed by atoms with Crippen molar-refractivity contribution in [3.63, 3.8) is 0 Å². The van der Waals surface area contributed by atoms with Crippen LogP contribution in [0.5, 0.6) is 0 Å². The highest BCUT2D eigenvalue weighted by Crippen LogP contribution is 2.35. The van der Waals surface area contributed by atoms with Crippen molar-refractivity contribution in [1.29, 1.82) is 0 Å². The van der Waals surface area contributed by atoms with Gasteiger partial charge in [-0.3, -0.25) is 14.3 Å². The minimum Gasteiger partial charge on any atom is -0.481 e. The maximum absolute atomic E-state index is 12.5. The maximum atomic E-state index is 12.5. The number of aromatic nitrogens is 2. The highest BCUT2D eigenvalue weighted by atomic mass is 35.5. The van der Waals surface area contributed by atoms with Gasteiger partial charge in [0, 0.05) is 46.0 Å². The van der Waals surface area contributed by atoms with E-state index < -0.39 is 11.4 Å². The number of ether oxygens (including phenoxy) is 1. The maximum Gasteiger partial charge on any atom is 0.311 e. The lowest BCUT2D eigenvalue weighted by atomic mass is 9.76. The van der Waals surface area contributed by atoms with Crippen molar-refractivity contribution in [3.8, 4) is 0 Å². The molecule has 1 aromatic heterocycles. The number of rotatable bonds is 8. The van der Waals surface area contributed by atoms with Crippen LogP contribution in [0.15, 0.2) is 12.4 Å². The van der Waals surface area contributed by atoms with Crippen LogP contribution >= 0.6 is 11.6 Å². The van der Waals surface area contributed by atoms with E-state index in [2.05, 4.69) is 5.10 Å². The molecule has 1 N–H and O–H groups in total. The summed E-state index contributed by atoms with van der Waals surface area (Å²) in [7, 11) is 1.60. The van der Waals surface area contributed by atoms with E-state index in [0.29, 0.717) is 50.4 Å². The number of aryl methyl sites for hydroxylation is 1. The fraction of sp³-hybridized carbons (Fsp3) is 0.688. The second-order valence-electron chi connectivity index (χ2n) is 6.27. The first-order chi connectivity index (χ1) is 11.5. The minimum atomic E-state index is -0.860. The van der Waals surface area contributed by atoms with Gasteiger partial charge in [0.1, 0.15) is 0 Å². The van der Waals surface area contributed by atoms with Gasteiger partial charge in [-0.25, -0.2) is 0 Å². The number of halogens is 1. The molecule has 0 aliphatic carbocycles. The van der Waals surface area contributed by atoms with Gasteiger partial charge in [0.25, 0.3) is 0 Å². The van der Waals surface area contributed by atoms with Crippen molar-refractivity contribution in [2.24, 2.45) is 5.41 Å². The molecule has 2 rings (SSSR count). The fourth-order valence-electron chi connectivity index (χ4n) is 3.21. The summed E-state index contributed by atoms with van der Waals surface area (Å²) in [6, 6.07) is 0. The predicted octanol–water partition coefficient (Wildman–Crippen LogP) is 2.05. The standard InChI is InChI=1S/C16H24ClN3O4/c1-24-9-3-6-16(15(22)23)5-2-7-19(12-16)14(21)4-8-20-11-13(17)10-18-20/h10-11H,2-9,12H2,1H3,(H,22,23)/t16-/m1/s1. The molecule has 0 spiro atoms. The van der Waals surface area contributed by atoms with Crippen molar-refractivity contribution in [1.82, 2.24) is 14.7 Å². The van der Waals surface area contributed by atoms with Crippen molar-refractivity contribution < 1.29 is 19.4 Å². The first-order valence-corrected chi connectivity index (χ1v) is 8.53. The van der Waals surface area contributed by atoms with Crippen molar-refractivity contribution in [2.45, 2.75) is 38.6 Å². The lowest BCUT2D eigenvalue weighted by molar-refractivity contribution is -0.155. The Kier molecular flexibility index (Phi) is 6.62. The molecule has 1 aliphatic rings. The van der Waals surface area contributed by atoms with Gasteiger partial charge in [0.2, 0.25) is 5.91 Å². The zero-order valence-electron chi connectivity index (χ0n) is 13.9. The minimum absolute atomic E-state index is 0.0429. The van der Waals surface area contributed by atoms with Crippen LogP contribution in [-0.2, 0) is 20.9 Å². The zero-order valence-corrected chi connectivity index (χ0v) is 14.7. The number of nitrogens with zero attached hydrogens (tertiary/aromatic N) is 3. The molecule has 1 aromatic rings. The van der Waals surface area contributed by atoms with E-state index in [1.165, 1.54) is 6.20 Å². The van der Waals surface area contributed by atoms with Crippen LogP contribution in [0.2, 0.25) is 5.02 Å². The second kappa shape index (κ2) is 8.48. The Morgan fingerprint density at radius 1 is 1.50 bits per heavy atom. The average Bonchev–Trinajstić information content (AvgIpc) is 2.98. The van der Waals surface area contributed by atoms with Crippen LogP contribution in [0.3, 0.4) is 0 Å². The van der Waals surface area contributed by atoms with E-state index in [1.54, 1.807) is 22.9 Å². The molecule has 1 amide bonds. The number of carbonyl (C=O) groups excluding carboxylic acids is 1. The summed E-state index contributed by atoms with van der Waals surface area (Å²) in [5, 5.41) is 14.3. The lowest BCUT2D eigenvalue weighted by Crippen LogP contribution is -2.50. The number of carbonyl (C=O) groups is 2. The molecular formula is C16H24ClN3O4. The zero-order chi connectivity index (χ0) is 17.6. The molecule has 8 heteroatoms. The third kappa shape index (κ3) is 4.70. The quantitative estimate of drug-likeness (QED) is 0.720. The Bertz CT molecular complexity index is 577. The summed E-state index contributed by atoms with van der Waals surface area (Å²) in [5.74, 6) is -0.867. The average molecular weight is 358 g/mol. The molecule has 1 atom stereocenters. The van der Waals surface area contributed by atoms with Crippen LogP contribution in [0.4, 0.5) is 0 Å². The van der Waals surface area contributed by atoms with E-state index in [-0.39, 0.29) is 18.9 Å². The van der Waals surface area contributed by atoms with Crippen molar-refractivity contribution >= 4 is 23.5 Å². The topological polar surface area (TPSA) is 84.7 Å². The Hall–Kier alpha value is -1.60. The number of hydrogen-bond donors (Lipinski definition) is 1. The Balaban J connectivity index is 1.94. The summed E-state index contributed by atoms with van der Waals surface area (Å²) in [6.07, 6.45) is 5.98. The summed E-state index contributed by atoms with van der Waals surface area (Å²) in [6.45, 7) is 1.84. The number of aliphatic carboxylic acids is 1. The van der Waals surface area contributed by atoms with E-state index in [0.717, 1.165) is 0 Å². The molecule has 2 heterocycles. The van der Waals surface area contributed by atoms with E-state index in [1.807, 2.05) is 0 Å². The van der Waals surface area contributed by atoms with E-state index in [9.17, 15) is 14.7 Å². The molecule has 7 nitrogen and oxygen atoms in total. The van der Waals surface area contributed by atoms with Crippen LogP contribution < -0.4 is 0 Å². The summed E-state index contributed by atoms with van der Waals surface area (Å²) < 4.78 is 6.65. The van der Waals surface area contributed by atoms with Gasteiger partial charge in [-0.1, -0.05) is 11.6 Å². The number of carboxylic acids is 1. The van der Waals surface area contributed by atoms with Gasteiger partial charge in [-0.05, 0) is 25.7 Å². The lowest BCUT2D eigenvalue weighted by Gasteiger charge is -2.40. The monoisotopic (exact) mass is 357 g/mol. The normalized spacial score (nSPS) is 21.0. The molecule has 134 valence electrons. The van der Waals surface area contributed by atoms with E-state index >= 15 is 0 Å². The highest BCUT2D eigenvalue weighted by Gasteiger charge is 2.42. The number of likely N-dealkylation sites (tertiary alicyclic amines) is 1. The van der Waals surface area contributed by atoms with Crippen LogP contribution in [0, 0.1) is 5.41 Å². The molecule has 1 aliphatic heterocycles. The predicted molar refractivity (Wildman–Crippen MR) is 88.8 cm³/mol. The molecule has 24 heavy (non-hydrogen) atoms. The summed E-state index contributed by atoms with van der Waals surface area (Å²) >= 11 is 5.80. The van der Waals surface area contributed by atoms with Crippen LogP contribution in [0.1, 0.15) is 32.1 Å². The van der Waals surface area contributed by atoms with Gasteiger partial charge in [-0.2, -0.15) is 5.10 Å². The van der Waals surface area contributed by atoms with E-state index in [4.69, 9.17) is 16.3 Å². The molecule has 0 unspecified atom stereocenters. The molecule has 0 saturated carbocycles. The number of carboxylic acid groups (broad SMARTS) is 1. The second-order valence-corrected chi connectivity index (χ2v) is 6.71. The number of piperidine rings is 1. The third-order valence-corrected chi connectivity index (χ3v) is 4.74.